The zero-order chi connectivity index (χ0) is 13.7. The Labute approximate surface area is 116 Å². The smallest absolute Gasteiger partial charge is 0.224 e. The van der Waals surface area contributed by atoms with Crippen LogP contribution in [0.1, 0.15) is 30.7 Å². The normalized spacial score (nSPS) is 19.4. The summed E-state index contributed by atoms with van der Waals surface area (Å²) in [4.78, 5) is 19.1. The maximum atomic E-state index is 11.4. The number of rotatable bonds is 2. The molecule has 4 N–H and O–H groups in total. The number of hydrogen-bond donors (Lipinski definition) is 3. The van der Waals surface area contributed by atoms with Gasteiger partial charge in [0, 0.05) is 12.1 Å². The minimum atomic E-state index is -0.236. The van der Waals surface area contributed by atoms with Crippen LogP contribution in [-0.2, 0) is 16.8 Å². The zero-order valence-electron chi connectivity index (χ0n) is 11.1. The van der Waals surface area contributed by atoms with Crippen molar-refractivity contribution < 1.29 is 4.79 Å². The Balaban J connectivity index is 1.69. The highest BCUT2D eigenvalue weighted by Crippen LogP contribution is 2.41. The maximum absolute atomic E-state index is 11.4. The lowest BCUT2D eigenvalue weighted by Gasteiger charge is -2.17. The Hall–Kier alpha value is -2.14. The molecule has 0 atom stereocenters. The molecule has 102 valence electrons. The van der Waals surface area contributed by atoms with E-state index in [1.54, 1.807) is 0 Å². The second-order valence-corrected chi connectivity index (χ2v) is 5.72. The molecule has 1 saturated carbocycles. The molecular weight excluding hydrogens is 252 g/mol. The number of benzene rings is 1. The first kappa shape index (κ1) is 11.7. The van der Waals surface area contributed by atoms with E-state index in [-0.39, 0.29) is 11.4 Å². The van der Waals surface area contributed by atoms with E-state index in [2.05, 4.69) is 21.4 Å². The summed E-state index contributed by atoms with van der Waals surface area (Å²) in [6.45, 7) is 0. The zero-order valence-corrected chi connectivity index (χ0v) is 11.1. The Bertz CT molecular complexity index is 700. The highest BCUT2D eigenvalue weighted by molar-refractivity contribution is 5.94. The van der Waals surface area contributed by atoms with Gasteiger partial charge in [-0.05, 0) is 42.5 Å². The summed E-state index contributed by atoms with van der Waals surface area (Å²) in [7, 11) is 0. The number of nitrogens with one attached hydrogen (secondary N) is 2. The summed E-state index contributed by atoms with van der Waals surface area (Å²) in [6, 6.07) is 6.07. The van der Waals surface area contributed by atoms with E-state index in [1.165, 1.54) is 5.56 Å². The standard InChI is InChI=1S/C15H16N4O/c16-15(5-6-15)14-17-8-12(19-14)10-1-3-11-9(7-10)2-4-13(20)18-11/h1,3,7-8H,2,4-6,16H2,(H,17,19)(H,18,20). The quantitative estimate of drug-likeness (QED) is 0.778. The van der Waals surface area contributed by atoms with Gasteiger partial charge in [-0.25, -0.2) is 4.98 Å². The van der Waals surface area contributed by atoms with Gasteiger partial charge < -0.3 is 16.0 Å². The minimum Gasteiger partial charge on any atom is -0.340 e. The second-order valence-electron chi connectivity index (χ2n) is 5.72. The van der Waals surface area contributed by atoms with Crippen LogP contribution in [0.25, 0.3) is 11.3 Å². The number of nitrogens with zero attached hydrogens (tertiary/aromatic N) is 1. The van der Waals surface area contributed by atoms with Crippen LogP contribution in [-0.4, -0.2) is 15.9 Å². The average Bonchev–Trinajstić information content (AvgIpc) is 3.02. The van der Waals surface area contributed by atoms with Crippen LogP contribution >= 0.6 is 0 Å². The Morgan fingerprint density at radius 3 is 2.90 bits per heavy atom. The van der Waals surface area contributed by atoms with E-state index >= 15 is 0 Å². The molecule has 0 unspecified atom stereocenters. The molecule has 4 rings (SSSR count). The number of fused-ring (bicyclic) bond motifs is 1. The summed E-state index contributed by atoms with van der Waals surface area (Å²) in [6.07, 6.45) is 5.17. The van der Waals surface area contributed by atoms with E-state index in [9.17, 15) is 4.79 Å². The van der Waals surface area contributed by atoms with Crippen LogP contribution in [0.3, 0.4) is 0 Å². The van der Waals surface area contributed by atoms with E-state index in [0.717, 1.165) is 42.0 Å². The first-order chi connectivity index (χ1) is 9.64. The van der Waals surface area contributed by atoms with Gasteiger partial charge in [-0.3, -0.25) is 4.79 Å². The predicted molar refractivity (Wildman–Crippen MR) is 76.1 cm³/mol. The number of hydrogen-bond acceptors (Lipinski definition) is 3. The molecule has 0 spiro atoms. The van der Waals surface area contributed by atoms with Gasteiger partial charge >= 0.3 is 0 Å². The van der Waals surface area contributed by atoms with Crippen LogP contribution in [0.5, 0.6) is 0 Å². The number of nitrogens with two attached hydrogens (primary N) is 1. The summed E-state index contributed by atoms with van der Waals surface area (Å²) in [5, 5.41) is 2.89. The summed E-state index contributed by atoms with van der Waals surface area (Å²) in [5.41, 5.74) is 10.1. The fourth-order valence-electron chi connectivity index (χ4n) is 2.64. The fraction of sp³-hybridized carbons (Fsp3) is 0.333. The molecule has 1 aromatic heterocycles. The molecule has 5 nitrogen and oxygen atoms in total. The van der Waals surface area contributed by atoms with Gasteiger partial charge in [0.25, 0.3) is 0 Å². The molecule has 0 saturated heterocycles. The third kappa shape index (κ3) is 1.82. The Morgan fingerprint density at radius 2 is 2.10 bits per heavy atom. The largest absolute Gasteiger partial charge is 0.340 e. The molecule has 1 aliphatic carbocycles. The third-order valence-electron chi connectivity index (χ3n) is 4.15. The van der Waals surface area contributed by atoms with Gasteiger partial charge in [-0.1, -0.05) is 6.07 Å². The van der Waals surface area contributed by atoms with Crippen molar-refractivity contribution in [3.8, 4) is 11.3 Å². The molecule has 5 heteroatoms. The fourth-order valence-corrected chi connectivity index (χ4v) is 2.64. The van der Waals surface area contributed by atoms with Crippen LogP contribution < -0.4 is 11.1 Å². The van der Waals surface area contributed by atoms with E-state index < -0.39 is 0 Å². The first-order valence-corrected chi connectivity index (χ1v) is 6.92. The van der Waals surface area contributed by atoms with Crippen molar-refractivity contribution in [3.63, 3.8) is 0 Å². The molecule has 0 radical (unpaired) electrons. The van der Waals surface area contributed by atoms with E-state index in [0.29, 0.717) is 6.42 Å². The third-order valence-corrected chi connectivity index (χ3v) is 4.15. The Morgan fingerprint density at radius 1 is 1.25 bits per heavy atom. The number of carbonyl (C=O) groups excluding carboxylic acids is 1. The lowest BCUT2D eigenvalue weighted by atomic mass is 9.99. The molecule has 2 aromatic rings. The van der Waals surface area contributed by atoms with Crippen LogP contribution in [0.2, 0.25) is 0 Å². The molecule has 20 heavy (non-hydrogen) atoms. The number of aryl methyl sites for hydroxylation is 1. The number of carbonyl (C=O) groups is 1. The van der Waals surface area contributed by atoms with Gasteiger partial charge in [0.05, 0.1) is 17.4 Å². The van der Waals surface area contributed by atoms with Crippen molar-refractivity contribution in [2.45, 2.75) is 31.2 Å². The van der Waals surface area contributed by atoms with Crippen LogP contribution in [0.4, 0.5) is 5.69 Å². The SMILES string of the molecule is NC1(c2ncc(-c3ccc4c(c3)CCC(=O)N4)[nH]2)CC1. The van der Waals surface area contributed by atoms with E-state index in [1.807, 2.05) is 18.3 Å². The highest BCUT2D eigenvalue weighted by Gasteiger charge is 2.42. The molecule has 0 bridgehead atoms. The number of amides is 1. The maximum Gasteiger partial charge on any atom is 0.224 e. The van der Waals surface area contributed by atoms with Gasteiger partial charge in [-0.2, -0.15) is 0 Å². The average molecular weight is 268 g/mol. The molecule has 1 aliphatic heterocycles. The molecule has 1 amide bonds. The van der Waals surface area contributed by atoms with Crippen molar-refractivity contribution in [1.82, 2.24) is 9.97 Å². The van der Waals surface area contributed by atoms with Crippen molar-refractivity contribution in [3.05, 3.63) is 35.8 Å². The summed E-state index contributed by atoms with van der Waals surface area (Å²) < 4.78 is 0. The summed E-state index contributed by atoms with van der Waals surface area (Å²) >= 11 is 0. The van der Waals surface area contributed by atoms with Crippen molar-refractivity contribution in [2.75, 3.05) is 5.32 Å². The van der Waals surface area contributed by atoms with Gasteiger partial charge in [0.1, 0.15) is 5.82 Å². The second kappa shape index (κ2) is 3.93. The number of imidazole rings is 1. The molecule has 1 aromatic carbocycles. The van der Waals surface area contributed by atoms with Crippen LogP contribution in [0.15, 0.2) is 24.4 Å². The van der Waals surface area contributed by atoms with Gasteiger partial charge in [0.2, 0.25) is 5.91 Å². The monoisotopic (exact) mass is 268 g/mol. The topological polar surface area (TPSA) is 83.8 Å². The lowest BCUT2D eigenvalue weighted by molar-refractivity contribution is -0.116. The van der Waals surface area contributed by atoms with Gasteiger partial charge in [-0.15, -0.1) is 0 Å². The minimum absolute atomic E-state index is 0.0906. The molecular formula is C15H16N4O. The molecule has 2 aliphatic rings. The first-order valence-electron chi connectivity index (χ1n) is 6.92. The molecule has 1 fully saturated rings. The highest BCUT2D eigenvalue weighted by atomic mass is 16.1. The van der Waals surface area contributed by atoms with E-state index in [4.69, 9.17) is 5.73 Å². The van der Waals surface area contributed by atoms with Crippen LogP contribution in [0, 0.1) is 0 Å². The lowest BCUT2D eigenvalue weighted by Crippen LogP contribution is -2.20. The summed E-state index contributed by atoms with van der Waals surface area (Å²) in [5.74, 6) is 0.964. The Kier molecular flexibility index (Phi) is 2.29. The number of anilines is 1. The van der Waals surface area contributed by atoms with Crippen molar-refractivity contribution in [1.29, 1.82) is 0 Å². The van der Waals surface area contributed by atoms with Crippen molar-refractivity contribution >= 4 is 11.6 Å². The van der Waals surface area contributed by atoms with Gasteiger partial charge in [0.15, 0.2) is 0 Å². The number of H-pyrrole nitrogens is 1. The van der Waals surface area contributed by atoms with Crippen molar-refractivity contribution in [2.24, 2.45) is 5.73 Å². The number of aromatic nitrogens is 2. The number of aromatic amines is 1. The molecule has 2 heterocycles. The predicted octanol–water partition coefficient (Wildman–Crippen LogP) is 1.91.